The molecule has 1 aromatic rings. The Balaban J connectivity index is 1.94. The van der Waals surface area contributed by atoms with Gasteiger partial charge in [0.2, 0.25) is 0 Å². The Kier molecular flexibility index (Phi) is 8.00. The van der Waals surface area contributed by atoms with Gasteiger partial charge < -0.3 is 4.74 Å². The molecule has 0 spiro atoms. The minimum atomic E-state index is -0.282. The fourth-order valence-electron chi connectivity index (χ4n) is 1.35. The molecule has 0 saturated heterocycles. The first-order chi connectivity index (χ1) is 8.33. The van der Waals surface area contributed by atoms with Gasteiger partial charge in [-0.1, -0.05) is 50.4 Å². The van der Waals surface area contributed by atoms with Crippen LogP contribution < -0.4 is 0 Å². The summed E-state index contributed by atoms with van der Waals surface area (Å²) in [7, 11) is 0. The van der Waals surface area contributed by atoms with Crippen LogP contribution in [0, 0.1) is 0 Å². The molecule has 0 unspecified atom stereocenters. The molecule has 0 saturated carbocycles. The lowest BCUT2D eigenvalue weighted by atomic mass is 10.1. The van der Waals surface area contributed by atoms with Crippen LogP contribution in [0.1, 0.15) is 45.4 Å². The predicted molar refractivity (Wildman–Crippen MR) is 70.5 cm³/mol. The number of rotatable bonds is 8. The van der Waals surface area contributed by atoms with E-state index in [0.717, 1.165) is 24.6 Å². The Labute approximate surface area is 110 Å². The van der Waals surface area contributed by atoms with Crippen molar-refractivity contribution in [3.05, 3.63) is 5.51 Å². The summed E-state index contributed by atoms with van der Waals surface area (Å²) in [4.78, 5) is 11.3. The minimum Gasteiger partial charge on any atom is -0.457 e. The lowest BCUT2D eigenvalue weighted by Gasteiger charge is -2.02. The van der Waals surface area contributed by atoms with E-state index in [1.54, 1.807) is 5.51 Å². The summed E-state index contributed by atoms with van der Waals surface area (Å²) in [6.07, 6.45) is 7.15. The maximum absolute atomic E-state index is 11.3. The fraction of sp³-hybridized carbons (Fsp3) is 0.727. The number of ether oxygens (including phenoxy) is 1. The van der Waals surface area contributed by atoms with Gasteiger partial charge in [-0.25, -0.2) is 4.79 Å². The highest BCUT2D eigenvalue weighted by atomic mass is 32.2. The van der Waals surface area contributed by atoms with Crippen LogP contribution in [0.5, 0.6) is 0 Å². The van der Waals surface area contributed by atoms with Gasteiger partial charge in [-0.2, -0.15) is 0 Å². The van der Waals surface area contributed by atoms with E-state index in [-0.39, 0.29) is 5.30 Å². The Morgan fingerprint density at radius 1 is 1.35 bits per heavy atom. The molecule has 0 aliphatic rings. The predicted octanol–water partition coefficient (Wildman–Crippen LogP) is 4.13. The maximum Gasteiger partial charge on any atom is 0.374 e. The molecule has 1 rings (SSSR count). The average molecular weight is 274 g/mol. The number of aromatic nitrogens is 2. The standard InChI is InChI=1S/C11H18N2O2S2/c1-2-3-4-5-6-7-8-15-11(14)17-10-13-12-9-16-10/h9H,2-8H2,1H3. The minimum absolute atomic E-state index is 0.282. The lowest BCUT2D eigenvalue weighted by Crippen LogP contribution is -1.99. The average Bonchev–Trinajstić information content (AvgIpc) is 2.80. The number of hydrogen-bond acceptors (Lipinski definition) is 6. The van der Waals surface area contributed by atoms with Gasteiger partial charge in [0, 0.05) is 11.8 Å². The van der Waals surface area contributed by atoms with Crippen LogP contribution in [0.25, 0.3) is 0 Å². The summed E-state index contributed by atoms with van der Waals surface area (Å²) >= 11 is 2.35. The summed E-state index contributed by atoms with van der Waals surface area (Å²) in [5, 5.41) is 7.14. The molecule has 6 heteroatoms. The van der Waals surface area contributed by atoms with Crippen molar-refractivity contribution < 1.29 is 9.53 Å². The van der Waals surface area contributed by atoms with Gasteiger partial charge in [0.1, 0.15) is 5.51 Å². The maximum atomic E-state index is 11.3. The van der Waals surface area contributed by atoms with E-state index < -0.39 is 0 Å². The highest BCUT2D eigenvalue weighted by Gasteiger charge is 2.08. The Hall–Kier alpha value is -0.620. The molecule has 0 atom stereocenters. The second-order valence-corrected chi connectivity index (χ2v) is 5.69. The third kappa shape index (κ3) is 7.33. The molecule has 0 aliphatic carbocycles. The van der Waals surface area contributed by atoms with E-state index in [2.05, 4.69) is 17.1 Å². The topological polar surface area (TPSA) is 52.1 Å². The van der Waals surface area contributed by atoms with Crippen molar-refractivity contribution in [2.24, 2.45) is 0 Å². The van der Waals surface area contributed by atoms with Gasteiger partial charge in [-0.3, -0.25) is 0 Å². The zero-order valence-corrected chi connectivity index (χ0v) is 11.7. The highest BCUT2D eigenvalue weighted by molar-refractivity contribution is 8.14. The second-order valence-electron chi connectivity index (χ2n) is 3.67. The molecular formula is C11H18N2O2S2. The summed E-state index contributed by atoms with van der Waals surface area (Å²) in [5.41, 5.74) is 1.60. The summed E-state index contributed by atoms with van der Waals surface area (Å²) in [6.45, 7) is 2.71. The van der Waals surface area contributed by atoms with Crippen molar-refractivity contribution in [1.82, 2.24) is 10.2 Å². The molecule has 0 aliphatic heterocycles. The number of hydrogen-bond donors (Lipinski definition) is 0. The third-order valence-corrected chi connectivity index (χ3v) is 3.79. The molecule has 0 N–H and O–H groups in total. The van der Waals surface area contributed by atoms with Gasteiger partial charge in [-0.05, 0) is 6.42 Å². The van der Waals surface area contributed by atoms with Gasteiger partial charge >= 0.3 is 5.30 Å². The van der Waals surface area contributed by atoms with Gasteiger partial charge in [0.05, 0.1) is 6.61 Å². The molecular weight excluding hydrogens is 256 g/mol. The van der Waals surface area contributed by atoms with E-state index in [0.29, 0.717) is 10.9 Å². The number of unbranched alkanes of at least 4 members (excludes halogenated alkanes) is 5. The van der Waals surface area contributed by atoms with Gasteiger partial charge in [0.15, 0.2) is 4.34 Å². The van der Waals surface area contributed by atoms with Crippen LogP contribution in [-0.4, -0.2) is 22.1 Å². The number of thioether (sulfide) groups is 1. The first-order valence-corrected chi connectivity index (χ1v) is 7.63. The Morgan fingerprint density at radius 3 is 2.82 bits per heavy atom. The summed E-state index contributed by atoms with van der Waals surface area (Å²) in [5.74, 6) is 0. The molecule has 1 heterocycles. The highest BCUT2D eigenvalue weighted by Crippen LogP contribution is 2.21. The van der Waals surface area contributed by atoms with E-state index in [1.807, 2.05) is 0 Å². The second kappa shape index (κ2) is 9.41. The summed E-state index contributed by atoms with van der Waals surface area (Å²) < 4.78 is 5.72. The van der Waals surface area contributed by atoms with Crippen molar-refractivity contribution in [2.45, 2.75) is 49.8 Å². The van der Waals surface area contributed by atoms with Crippen molar-refractivity contribution in [3.63, 3.8) is 0 Å². The van der Waals surface area contributed by atoms with Crippen molar-refractivity contribution >= 4 is 28.4 Å². The SMILES string of the molecule is CCCCCCCCOC(=O)Sc1nncs1. The molecule has 0 aromatic carbocycles. The van der Waals surface area contributed by atoms with Crippen LogP contribution in [0.2, 0.25) is 0 Å². The van der Waals surface area contributed by atoms with Crippen LogP contribution in [0.4, 0.5) is 4.79 Å². The van der Waals surface area contributed by atoms with Crippen molar-refractivity contribution in [2.75, 3.05) is 6.61 Å². The molecule has 17 heavy (non-hydrogen) atoms. The third-order valence-electron chi connectivity index (χ3n) is 2.23. The molecule has 0 bridgehead atoms. The smallest absolute Gasteiger partial charge is 0.374 e. The first kappa shape index (κ1) is 14.4. The van der Waals surface area contributed by atoms with Crippen LogP contribution in [0.15, 0.2) is 9.85 Å². The van der Waals surface area contributed by atoms with Crippen molar-refractivity contribution in [1.29, 1.82) is 0 Å². The van der Waals surface area contributed by atoms with Gasteiger partial charge in [-0.15, -0.1) is 10.2 Å². The number of carbonyl (C=O) groups is 1. The lowest BCUT2D eigenvalue weighted by molar-refractivity contribution is 0.172. The van der Waals surface area contributed by atoms with Crippen LogP contribution in [-0.2, 0) is 4.74 Å². The van der Waals surface area contributed by atoms with E-state index in [9.17, 15) is 4.79 Å². The molecule has 0 fully saturated rings. The fourth-order valence-corrected chi connectivity index (χ4v) is 2.52. The number of nitrogens with zero attached hydrogens (tertiary/aromatic N) is 2. The zero-order valence-electron chi connectivity index (χ0n) is 10.1. The number of carbonyl (C=O) groups excluding carboxylic acids is 1. The first-order valence-electron chi connectivity index (χ1n) is 5.93. The van der Waals surface area contributed by atoms with Crippen LogP contribution in [0.3, 0.4) is 0 Å². The van der Waals surface area contributed by atoms with Crippen molar-refractivity contribution in [3.8, 4) is 0 Å². The van der Waals surface area contributed by atoms with E-state index >= 15 is 0 Å². The quantitative estimate of drug-likeness (QED) is 0.405. The Morgan fingerprint density at radius 2 is 2.12 bits per heavy atom. The van der Waals surface area contributed by atoms with E-state index in [4.69, 9.17) is 4.74 Å². The van der Waals surface area contributed by atoms with Gasteiger partial charge in [0.25, 0.3) is 0 Å². The molecule has 4 nitrogen and oxygen atoms in total. The monoisotopic (exact) mass is 274 g/mol. The zero-order chi connectivity index (χ0) is 12.3. The normalized spacial score (nSPS) is 10.4. The largest absolute Gasteiger partial charge is 0.457 e. The molecule has 1 aromatic heterocycles. The summed E-state index contributed by atoms with van der Waals surface area (Å²) in [6, 6.07) is 0. The van der Waals surface area contributed by atoms with Crippen LogP contribution >= 0.6 is 23.1 Å². The Bertz CT molecular complexity index is 304. The molecule has 0 amide bonds. The molecule has 0 radical (unpaired) electrons. The van der Waals surface area contributed by atoms with E-state index in [1.165, 1.54) is 37.0 Å². The molecule has 96 valence electrons.